The zero-order valence-electron chi connectivity index (χ0n) is 14.6. The molecule has 0 aliphatic heterocycles. The number of anilines is 2. The van der Waals surface area contributed by atoms with Gasteiger partial charge in [-0.05, 0) is 12.1 Å². The van der Waals surface area contributed by atoms with Crippen LogP contribution in [0.1, 0.15) is 11.9 Å². The fourth-order valence-corrected chi connectivity index (χ4v) is 3.40. The summed E-state index contributed by atoms with van der Waals surface area (Å²) in [6, 6.07) is 7.26. The number of hydrogen-bond donors (Lipinski definition) is 2. The first-order chi connectivity index (χ1) is 12.3. The summed E-state index contributed by atoms with van der Waals surface area (Å²) < 4.78 is 0. The van der Waals surface area contributed by atoms with E-state index in [1.165, 1.54) is 34.9 Å². The number of hydrogen-bond acceptors (Lipinski definition) is 7. The predicted octanol–water partition coefficient (Wildman–Crippen LogP) is 1.86. The minimum Gasteiger partial charge on any atom is -0.348 e. The Bertz CT molecular complexity index is 807. The van der Waals surface area contributed by atoms with Gasteiger partial charge in [0, 0.05) is 25.9 Å². The lowest BCUT2D eigenvalue weighted by molar-refractivity contribution is -0.128. The van der Waals surface area contributed by atoms with E-state index in [2.05, 4.69) is 20.8 Å². The average molecular weight is 393 g/mol. The highest BCUT2D eigenvalue weighted by atomic mass is 32.2. The average Bonchev–Trinajstić information content (AvgIpc) is 3.00. The number of thioether (sulfide) groups is 1. The lowest BCUT2D eigenvalue weighted by Gasteiger charge is -2.08. The van der Waals surface area contributed by atoms with Crippen LogP contribution in [0, 0.1) is 0 Å². The molecule has 2 aromatic rings. The summed E-state index contributed by atoms with van der Waals surface area (Å²) in [6.07, 6.45) is 0.152. The van der Waals surface area contributed by atoms with Gasteiger partial charge in [0.2, 0.25) is 22.9 Å². The Balaban J connectivity index is 1.89. The summed E-state index contributed by atoms with van der Waals surface area (Å²) in [4.78, 5) is 37.3. The van der Waals surface area contributed by atoms with Gasteiger partial charge in [0.15, 0.2) is 0 Å². The van der Waals surface area contributed by atoms with E-state index in [-0.39, 0.29) is 29.9 Å². The summed E-state index contributed by atoms with van der Waals surface area (Å²) in [5, 5.41) is 14.1. The molecular weight excluding hydrogens is 374 g/mol. The molecule has 0 bridgehead atoms. The second-order valence-corrected chi connectivity index (χ2v) is 7.56. The number of nitrogens with one attached hydrogen (secondary N) is 2. The maximum atomic E-state index is 12.1. The van der Waals surface area contributed by atoms with Crippen molar-refractivity contribution < 1.29 is 14.4 Å². The maximum Gasteiger partial charge on any atom is 0.236 e. The van der Waals surface area contributed by atoms with Gasteiger partial charge in [0.1, 0.15) is 5.01 Å². The Labute approximate surface area is 159 Å². The van der Waals surface area contributed by atoms with Crippen molar-refractivity contribution in [1.29, 1.82) is 0 Å². The van der Waals surface area contributed by atoms with Gasteiger partial charge in [0.25, 0.3) is 0 Å². The number of para-hydroxylation sites is 1. The first-order valence-corrected chi connectivity index (χ1v) is 9.47. The van der Waals surface area contributed by atoms with Crippen molar-refractivity contribution in [2.75, 3.05) is 30.5 Å². The molecule has 0 saturated carbocycles. The normalized spacial score (nSPS) is 10.3. The third kappa shape index (κ3) is 6.12. The van der Waals surface area contributed by atoms with Crippen molar-refractivity contribution in [3.05, 3.63) is 29.3 Å². The van der Waals surface area contributed by atoms with E-state index in [1.807, 2.05) is 18.2 Å². The smallest absolute Gasteiger partial charge is 0.236 e. The lowest BCUT2D eigenvalue weighted by atomic mass is 10.3. The van der Waals surface area contributed by atoms with Crippen LogP contribution in [-0.2, 0) is 20.8 Å². The first kappa shape index (κ1) is 19.9. The van der Waals surface area contributed by atoms with Gasteiger partial charge in [-0.25, -0.2) is 0 Å². The molecule has 3 amide bonds. The van der Waals surface area contributed by atoms with Crippen LogP contribution in [0.2, 0.25) is 0 Å². The predicted molar refractivity (Wildman–Crippen MR) is 102 cm³/mol. The molecule has 0 unspecified atom stereocenters. The highest BCUT2D eigenvalue weighted by Crippen LogP contribution is 2.27. The van der Waals surface area contributed by atoms with Gasteiger partial charge in [-0.3, -0.25) is 19.7 Å². The van der Waals surface area contributed by atoms with Crippen LogP contribution in [-0.4, -0.2) is 52.7 Å². The third-order valence-corrected chi connectivity index (χ3v) is 4.98. The van der Waals surface area contributed by atoms with E-state index in [0.29, 0.717) is 15.8 Å². The molecule has 8 nitrogen and oxygen atoms in total. The minimum atomic E-state index is -0.241. The Morgan fingerprint density at radius 3 is 2.58 bits per heavy atom. The van der Waals surface area contributed by atoms with E-state index < -0.39 is 0 Å². The zero-order valence-corrected chi connectivity index (χ0v) is 16.2. The van der Waals surface area contributed by atoms with E-state index in [9.17, 15) is 14.4 Å². The molecule has 1 aromatic carbocycles. The number of likely N-dealkylation sites (N-methyl/N-ethyl adjacent to an activating group) is 1. The highest BCUT2D eigenvalue weighted by Gasteiger charge is 2.13. The van der Waals surface area contributed by atoms with E-state index >= 15 is 0 Å². The Morgan fingerprint density at radius 2 is 1.88 bits per heavy atom. The number of nitrogens with zero attached hydrogens (tertiary/aromatic N) is 3. The van der Waals surface area contributed by atoms with Gasteiger partial charge in [-0.15, -0.1) is 22.0 Å². The van der Waals surface area contributed by atoms with Crippen LogP contribution < -0.4 is 10.6 Å². The number of carbonyl (C=O) groups is 3. The van der Waals surface area contributed by atoms with Crippen LogP contribution in [0.25, 0.3) is 0 Å². The number of rotatable bonds is 7. The molecule has 0 radical (unpaired) electrons. The summed E-state index contributed by atoms with van der Waals surface area (Å²) in [5.74, 6) is -0.336. The Morgan fingerprint density at radius 1 is 1.15 bits per heavy atom. The SMILES string of the molecule is CC(=O)Nc1ccccc1SCC(=O)Nc1nnc(CC(=O)N(C)C)s1. The van der Waals surface area contributed by atoms with Gasteiger partial charge < -0.3 is 10.2 Å². The highest BCUT2D eigenvalue weighted by molar-refractivity contribution is 8.00. The molecule has 10 heteroatoms. The van der Waals surface area contributed by atoms with Crippen molar-refractivity contribution in [3.8, 4) is 0 Å². The summed E-state index contributed by atoms with van der Waals surface area (Å²) >= 11 is 2.48. The van der Waals surface area contributed by atoms with Gasteiger partial charge >= 0.3 is 0 Å². The lowest BCUT2D eigenvalue weighted by Crippen LogP contribution is -2.23. The van der Waals surface area contributed by atoms with Crippen molar-refractivity contribution in [2.24, 2.45) is 0 Å². The van der Waals surface area contributed by atoms with E-state index in [0.717, 1.165) is 4.90 Å². The summed E-state index contributed by atoms with van der Waals surface area (Å²) in [7, 11) is 3.34. The van der Waals surface area contributed by atoms with Crippen LogP contribution in [0.15, 0.2) is 29.2 Å². The van der Waals surface area contributed by atoms with Crippen molar-refractivity contribution in [2.45, 2.75) is 18.2 Å². The quantitative estimate of drug-likeness (QED) is 0.696. The van der Waals surface area contributed by atoms with Crippen LogP contribution in [0.4, 0.5) is 10.8 Å². The van der Waals surface area contributed by atoms with Crippen molar-refractivity contribution in [3.63, 3.8) is 0 Å². The standard InChI is InChI=1S/C16H19N5O3S2/c1-10(22)17-11-6-4-5-7-12(11)25-9-13(23)18-16-20-19-14(26-16)8-15(24)21(2)3/h4-7H,8-9H2,1-3H3,(H,17,22)(H,18,20,23). The van der Waals surface area contributed by atoms with Crippen LogP contribution in [0.3, 0.4) is 0 Å². The molecule has 0 aliphatic rings. The minimum absolute atomic E-state index is 0.0795. The maximum absolute atomic E-state index is 12.1. The number of benzene rings is 1. The fourth-order valence-electron chi connectivity index (χ4n) is 1.85. The molecule has 1 heterocycles. The number of carbonyl (C=O) groups excluding carboxylic acids is 3. The molecule has 0 aliphatic carbocycles. The summed E-state index contributed by atoms with van der Waals surface area (Å²) in [5.41, 5.74) is 0.665. The zero-order chi connectivity index (χ0) is 19.1. The molecule has 0 spiro atoms. The molecule has 0 saturated heterocycles. The van der Waals surface area contributed by atoms with E-state index in [1.54, 1.807) is 20.2 Å². The Kier molecular flexibility index (Phi) is 7.10. The van der Waals surface area contributed by atoms with Crippen molar-refractivity contribution >= 4 is 51.6 Å². The molecule has 2 N–H and O–H groups in total. The molecule has 0 atom stereocenters. The largest absolute Gasteiger partial charge is 0.348 e. The second kappa shape index (κ2) is 9.30. The van der Waals surface area contributed by atoms with Crippen LogP contribution in [0.5, 0.6) is 0 Å². The van der Waals surface area contributed by atoms with E-state index in [4.69, 9.17) is 0 Å². The Hall–Kier alpha value is -2.46. The van der Waals surface area contributed by atoms with Crippen LogP contribution >= 0.6 is 23.1 Å². The molecule has 1 aromatic heterocycles. The molecule has 0 fully saturated rings. The molecule has 26 heavy (non-hydrogen) atoms. The van der Waals surface area contributed by atoms with Gasteiger partial charge in [-0.1, -0.05) is 23.5 Å². The van der Waals surface area contributed by atoms with Gasteiger partial charge in [0.05, 0.1) is 17.9 Å². The monoisotopic (exact) mass is 393 g/mol. The van der Waals surface area contributed by atoms with Crippen molar-refractivity contribution in [1.82, 2.24) is 15.1 Å². The molecule has 2 rings (SSSR count). The fraction of sp³-hybridized carbons (Fsp3) is 0.312. The first-order valence-electron chi connectivity index (χ1n) is 7.67. The molecular formula is C16H19N5O3S2. The second-order valence-electron chi connectivity index (χ2n) is 5.48. The summed E-state index contributed by atoms with van der Waals surface area (Å²) in [6.45, 7) is 1.43. The third-order valence-electron chi connectivity index (χ3n) is 3.07. The van der Waals surface area contributed by atoms with Gasteiger partial charge in [-0.2, -0.15) is 0 Å². The molecule has 138 valence electrons. The number of aromatic nitrogens is 2. The number of amides is 3. The topological polar surface area (TPSA) is 104 Å².